The molecule has 2 aliphatic heterocycles. The van der Waals surface area contributed by atoms with Gasteiger partial charge in [0.15, 0.2) is 0 Å². The van der Waals surface area contributed by atoms with E-state index in [1.807, 2.05) is 13.8 Å². The summed E-state index contributed by atoms with van der Waals surface area (Å²) in [6, 6.07) is 2.23. The van der Waals surface area contributed by atoms with Crippen molar-refractivity contribution in [2.75, 3.05) is 6.54 Å². The van der Waals surface area contributed by atoms with Crippen LogP contribution in [0.3, 0.4) is 0 Å². The summed E-state index contributed by atoms with van der Waals surface area (Å²) in [4.78, 5) is 11.4. The van der Waals surface area contributed by atoms with Gasteiger partial charge < -0.3 is 24.3 Å². The number of amides is 1. The Morgan fingerprint density at radius 2 is 1.62 bits per heavy atom. The Kier molecular flexibility index (Phi) is 18.0. The second kappa shape index (κ2) is 17.1. The maximum absolute atomic E-state index is 11.4. The van der Waals surface area contributed by atoms with E-state index in [1.165, 1.54) is 32.1 Å². The number of nitrogens with one attached hydrogen (secondary N) is 1. The third kappa shape index (κ3) is 13.0. The van der Waals surface area contributed by atoms with Gasteiger partial charge in [-0.1, -0.05) is 71.0 Å². The third-order valence-corrected chi connectivity index (χ3v) is 7.17. The molecule has 2 saturated heterocycles. The second-order valence-electron chi connectivity index (χ2n) is 8.30. The summed E-state index contributed by atoms with van der Waals surface area (Å²) in [5, 5.41) is 7.39. The summed E-state index contributed by atoms with van der Waals surface area (Å²) in [6.45, 7) is 8.78. The average molecular weight is 871 g/mol. The summed E-state index contributed by atoms with van der Waals surface area (Å²) < 4.78 is 12.0. The first-order chi connectivity index (χ1) is 12.9. The predicted octanol–water partition coefficient (Wildman–Crippen LogP) is 4.48. The zero-order chi connectivity index (χ0) is 19.6. The molecule has 4 unspecified atom stereocenters. The maximum atomic E-state index is 11.4. The van der Waals surface area contributed by atoms with E-state index in [9.17, 15) is 4.79 Å². The normalized spacial score (nSPS) is 29.1. The van der Waals surface area contributed by atoms with Gasteiger partial charge in [0, 0.05) is 37.7 Å². The van der Waals surface area contributed by atoms with E-state index in [2.05, 4.69) is 30.9 Å². The molecule has 8 heteroatoms. The van der Waals surface area contributed by atoms with Gasteiger partial charge in [-0.25, -0.2) is 0 Å². The van der Waals surface area contributed by atoms with E-state index >= 15 is 0 Å². The van der Waals surface area contributed by atoms with Crippen molar-refractivity contribution in [3.05, 3.63) is 17.7 Å². The zero-order valence-electron chi connectivity index (χ0n) is 18.6. The number of carbonyl (C=O) groups is 1. The first-order valence-corrected chi connectivity index (χ1v) is 12.3. The van der Waals surface area contributed by atoms with Crippen LogP contribution < -0.4 is 5.32 Å². The molecule has 2 bridgehead atoms. The SMILES string of the molecule is CC1CCCC(C)[N-]1.C[C-](C)C(=O)NCCC[Si]1OC2[CH-]C(CCCC2)O1.[U+2].[U]. The van der Waals surface area contributed by atoms with Crippen molar-refractivity contribution in [3.8, 4) is 0 Å². The van der Waals surface area contributed by atoms with Crippen molar-refractivity contribution >= 4 is 15.2 Å². The van der Waals surface area contributed by atoms with Crippen molar-refractivity contribution in [3.63, 3.8) is 0 Å². The minimum Gasteiger partial charge on any atom is -0.657 e. The molecular formula is C21H38N2O3SiU2-. The fourth-order valence-electron chi connectivity index (χ4n) is 3.71. The van der Waals surface area contributed by atoms with Crippen molar-refractivity contribution in [1.29, 1.82) is 0 Å². The monoisotopic (exact) mass is 870 g/mol. The third-order valence-electron chi connectivity index (χ3n) is 5.27. The fourth-order valence-corrected chi connectivity index (χ4v) is 5.53. The van der Waals surface area contributed by atoms with E-state index in [4.69, 9.17) is 8.85 Å². The molecule has 0 aromatic rings. The molecular weight excluding hydrogens is 832 g/mol. The largest absolute Gasteiger partial charge is 2.00 e. The fraction of sp³-hybridized carbons (Fsp3) is 0.857. The molecule has 5 nitrogen and oxygen atoms in total. The van der Waals surface area contributed by atoms with Crippen LogP contribution in [-0.2, 0) is 13.6 Å². The number of piperidine rings is 1. The van der Waals surface area contributed by atoms with Crippen LogP contribution in [0.5, 0.6) is 0 Å². The van der Waals surface area contributed by atoms with Gasteiger partial charge in [0.1, 0.15) is 0 Å². The minimum atomic E-state index is -1.14. The van der Waals surface area contributed by atoms with Crippen LogP contribution in [0.2, 0.25) is 6.04 Å². The molecule has 29 heavy (non-hydrogen) atoms. The smallest absolute Gasteiger partial charge is 0.657 e. The van der Waals surface area contributed by atoms with Crippen molar-refractivity contribution in [2.45, 2.75) is 109 Å². The molecule has 4 atom stereocenters. The molecule has 1 amide bonds. The molecule has 3 rings (SSSR count). The van der Waals surface area contributed by atoms with Crippen LogP contribution >= 0.6 is 0 Å². The van der Waals surface area contributed by atoms with Crippen molar-refractivity contribution < 1.29 is 75.9 Å². The Labute approximate surface area is 227 Å². The Balaban J connectivity index is 0.000000667. The topological polar surface area (TPSA) is 61.7 Å². The van der Waals surface area contributed by atoms with Crippen molar-refractivity contribution in [1.82, 2.24) is 5.32 Å². The van der Waals surface area contributed by atoms with Crippen LogP contribution in [0, 0.1) is 74.6 Å². The van der Waals surface area contributed by atoms with E-state index in [0.29, 0.717) is 30.8 Å². The number of fused-ring (bicyclic) bond motifs is 2. The molecule has 2 heterocycles. The molecule has 0 aromatic carbocycles. The van der Waals surface area contributed by atoms with E-state index in [1.54, 1.807) is 0 Å². The Hall–Kier alpha value is 1.54. The van der Waals surface area contributed by atoms with Gasteiger partial charge in [-0.2, -0.15) is 13.8 Å². The first-order valence-electron chi connectivity index (χ1n) is 10.8. The second-order valence-corrected chi connectivity index (χ2v) is 10.0. The summed E-state index contributed by atoms with van der Waals surface area (Å²) in [5.74, 6) is 0.851. The molecule has 1 aliphatic carbocycles. The standard InChI is InChI=1S/C14H24NO3Si.C7H14N.2U/c1-11(2)14(16)15-8-5-9-19-17-12-6-3-4-7-13(10-12)18-19;1-6-4-3-5-7(2)8-6;;/h10,12-13H,3-9H2,1-2H3,(H,15,16);6-7H,3-5H2,1-2H3;;/q-2;-1;;+2. The van der Waals surface area contributed by atoms with Crippen LogP contribution in [0.15, 0.2) is 0 Å². The van der Waals surface area contributed by atoms with Crippen LogP contribution in [0.4, 0.5) is 0 Å². The molecule has 163 valence electrons. The molecule has 1 N–H and O–H groups in total. The molecule has 3 aliphatic rings. The number of rotatable bonds is 5. The first kappa shape index (κ1) is 30.5. The number of carbonyl (C=O) groups excluding carboxylic acids is 1. The van der Waals surface area contributed by atoms with Gasteiger partial charge in [-0.15, -0.1) is 12.1 Å². The zero-order valence-corrected chi connectivity index (χ0v) is 28.0. The van der Waals surface area contributed by atoms with E-state index in [-0.39, 0.29) is 68.1 Å². The average Bonchev–Trinajstić information content (AvgIpc) is 2.79. The summed E-state index contributed by atoms with van der Waals surface area (Å²) >= 11 is 0. The Bertz CT molecular complexity index is 424. The summed E-state index contributed by atoms with van der Waals surface area (Å²) in [5.41, 5.74) is 0. The molecule has 0 aromatic heterocycles. The van der Waals surface area contributed by atoms with Crippen LogP contribution in [0.1, 0.15) is 79.1 Å². The molecule has 0 spiro atoms. The van der Waals surface area contributed by atoms with Gasteiger partial charge >= 0.3 is 40.4 Å². The van der Waals surface area contributed by atoms with Gasteiger partial charge in [0.25, 0.3) is 0 Å². The number of hydrogen-bond donors (Lipinski definition) is 1. The van der Waals surface area contributed by atoms with Crippen molar-refractivity contribution in [2.24, 2.45) is 0 Å². The van der Waals surface area contributed by atoms with Gasteiger partial charge in [-0.3, -0.25) is 12.3 Å². The predicted molar refractivity (Wildman–Crippen MR) is 111 cm³/mol. The Morgan fingerprint density at radius 3 is 2.07 bits per heavy atom. The Morgan fingerprint density at radius 1 is 1.07 bits per heavy atom. The van der Waals surface area contributed by atoms with Gasteiger partial charge in [0.2, 0.25) is 0 Å². The number of nitrogens with zero attached hydrogens (tertiary/aromatic N) is 1. The molecule has 1 saturated carbocycles. The quantitative estimate of drug-likeness (QED) is 0.252. The molecule has 3 fully saturated rings. The van der Waals surface area contributed by atoms with Crippen LogP contribution in [0.25, 0.3) is 5.32 Å². The summed E-state index contributed by atoms with van der Waals surface area (Å²) in [6.07, 6.45) is 12.6. The van der Waals surface area contributed by atoms with Gasteiger partial charge in [0.05, 0.1) is 5.91 Å². The minimum absolute atomic E-state index is 0. The van der Waals surface area contributed by atoms with Gasteiger partial charge in [-0.05, 0) is 12.5 Å². The maximum Gasteiger partial charge on any atom is 2.00 e. The molecule has 1 radical (unpaired) electrons. The van der Waals surface area contributed by atoms with Crippen LogP contribution in [-0.4, -0.2) is 46.0 Å². The summed E-state index contributed by atoms with van der Waals surface area (Å²) in [7, 11) is -1.14. The van der Waals surface area contributed by atoms with E-state index < -0.39 is 9.28 Å². The van der Waals surface area contributed by atoms with E-state index in [0.717, 1.165) is 31.2 Å². The number of hydrogen-bond acceptors (Lipinski definition) is 3.